The van der Waals surface area contributed by atoms with Crippen molar-refractivity contribution >= 4 is 5.97 Å². The normalized spacial score (nSPS) is 18.6. The third-order valence-electron chi connectivity index (χ3n) is 1.88. The molecule has 0 aromatic heterocycles. The Bertz CT molecular complexity index is 124. The first-order valence-corrected chi connectivity index (χ1v) is 3.96. The SMILES string of the molecule is CC(=O)OC1CCCCC1.[H-].[Na+]. The predicted molar refractivity (Wildman–Crippen MR) is 39.8 cm³/mol. The molecule has 3 heteroatoms. The van der Waals surface area contributed by atoms with E-state index < -0.39 is 0 Å². The Morgan fingerprint density at radius 1 is 1.36 bits per heavy atom. The quantitative estimate of drug-likeness (QED) is 0.369. The summed E-state index contributed by atoms with van der Waals surface area (Å²) in [5.41, 5.74) is 0. The summed E-state index contributed by atoms with van der Waals surface area (Å²) in [6.45, 7) is 1.48. The molecule has 0 radical (unpaired) electrons. The largest absolute Gasteiger partial charge is 1.00 e. The fourth-order valence-corrected chi connectivity index (χ4v) is 1.42. The van der Waals surface area contributed by atoms with E-state index in [1.54, 1.807) is 0 Å². The molecule has 1 aliphatic carbocycles. The number of hydrogen-bond acceptors (Lipinski definition) is 2. The molecule has 0 unspecified atom stereocenters. The Morgan fingerprint density at radius 3 is 2.36 bits per heavy atom. The van der Waals surface area contributed by atoms with Gasteiger partial charge in [-0.15, -0.1) is 0 Å². The van der Waals surface area contributed by atoms with E-state index in [0.717, 1.165) is 12.8 Å². The van der Waals surface area contributed by atoms with Crippen molar-refractivity contribution in [1.82, 2.24) is 0 Å². The van der Waals surface area contributed by atoms with Gasteiger partial charge in [-0.25, -0.2) is 0 Å². The Balaban J connectivity index is 0. The molecule has 0 amide bonds. The van der Waals surface area contributed by atoms with Crippen LogP contribution in [-0.4, -0.2) is 12.1 Å². The van der Waals surface area contributed by atoms with Gasteiger partial charge in [-0.05, 0) is 25.7 Å². The second kappa shape index (κ2) is 6.04. The van der Waals surface area contributed by atoms with Crippen LogP contribution >= 0.6 is 0 Å². The van der Waals surface area contributed by atoms with Gasteiger partial charge in [0.2, 0.25) is 0 Å². The number of carbonyl (C=O) groups is 1. The summed E-state index contributed by atoms with van der Waals surface area (Å²) in [5.74, 6) is -0.132. The second-order valence-corrected chi connectivity index (χ2v) is 2.87. The number of carbonyl (C=O) groups excluding carboxylic acids is 1. The molecule has 0 aliphatic heterocycles. The molecule has 0 heterocycles. The molecular weight excluding hydrogens is 151 g/mol. The van der Waals surface area contributed by atoms with Gasteiger partial charge >= 0.3 is 35.5 Å². The average Bonchev–Trinajstić information content (AvgIpc) is 1.88. The fraction of sp³-hybridized carbons (Fsp3) is 0.875. The van der Waals surface area contributed by atoms with Crippen LogP contribution in [0.25, 0.3) is 0 Å². The summed E-state index contributed by atoms with van der Waals surface area (Å²) in [6.07, 6.45) is 6.11. The number of ether oxygens (including phenoxy) is 1. The van der Waals surface area contributed by atoms with Gasteiger partial charge in [0.1, 0.15) is 6.10 Å². The molecule has 11 heavy (non-hydrogen) atoms. The third-order valence-corrected chi connectivity index (χ3v) is 1.88. The second-order valence-electron chi connectivity index (χ2n) is 2.87. The Hall–Kier alpha value is 0.470. The molecule has 0 saturated heterocycles. The van der Waals surface area contributed by atoms with Crippen molar-refractivity contribution in [3.63, 3.8) is 0 Å². The number of rotatable bonds is 1. The molecule has 60 valence electrons. The van der Waals surface area contributed by atoms with Crippen molar-refractivity contribution in [2.75, 3.05) is 0 Å². The minimum atomic E-state index is -0.132. The average molecular weight is 166 g/mol. The zero-order valence-electron chi connectivity index (χ0n) is 8.43. The van der Waals surface area contributed by atoms with Gasteiger partial charge in [0.25, 0.3) is 0 Å². The Kier molecular flexibility index (Phi) is 6.30. The van der Waals surface area contributed by atoms with Gasteiger partial charge in [0.15, 0.2) is 0 Å². The van der Waals surface area contributed by atoms with Gasteiger partial charge < -0.3 is 6.16 Å². The van der Waals surface area contributed by atoms with Gasteiger partial charge in [-0.2, -0.15) is 0 Å². The topological polar surface area (TPSA) is 26.3 Å². The first kappa shape index (κ1) is 11.5. The molecule has 0 atom stereocenters. The van der Waals surface area contributed by atoms with Crippen LogP contribution in [-0.2, 0) is 9.53 Å². The standard InChI is InChI=1S/C8H14O2.Na.H/c1-7(9)10-8-5-3-2-4-6-8;;/h8H,2-6H2,1H3;;/q;+1;-1. The van der Waals surface area contributed by atoms with E-state index in [2.05, 4.69) is 0 Å². The molecule has 0 aromatic carbocycles. The van der Waals surface area contributed by atoms with Crippen LogP contribution in [0.4, 0.5) is 0 Å². The summed E-state index contributed by atoms with van der Waals surface area (Å²) in [6, 6.07) is 0. The Morgan fingerprint density at radius 2 is 1.91 bits per heavy atom. The van der Waals surface area contributed by atoms with E-state index in [4.69, 9.17) is 4.74 Å². The fourth-order valence-electron chi connectivity index (χ4n) is 1.42. The summed E-state index contributed by atoms with van der Waals surface area (Å²) >= 11 is 0. The smallest absolute Gasteiger partial charge is 1.00 e. The van der Waals surface area contributed by atoms with Crippen molar-refractivity contribution < 1.29 is 40.5 Å². The number of esters is 1. The van der Waals surface area contributed by atoms with Crippen molar-refractivity contribution in [3.8, 4) is 0 Å². The van der Waals surface area contributed by atoms with Gasteiger partial charge in [0.05, 0.1) is 0 Å². The van der Waals surface area contributed by atoms with Crippen molar-refractivity contribution in [2.45, 2.75) is 45.1 Å². The zero-order chi connectivity index (χ0) is 7.40. The summed E-state index contributed by atoms with van der Waals surface area (Å²) in [7, 11) is 0. The number of hydrogen-bond donors (Lipinski definition) is 0. The molecule has 0 aromatic rings. The van der Waals surface area contributed by atoms with E-state index in [1.807, 2.05) is 0 Å². The van der Waals surface area contributed by atoms with Crippen LogP contribution in [0.3, 0.4) is 0 Å². The minimum Gasteiger partial charge on any atom is -1.00 e. The predicted octanol–water partition coefficient (Wildman–Crippen LogP) is -1.00. The Labute approximate surface area is 91.5 Å². The molecule has 0 spiro atoms. The van der Waals surface area contributed by atoms with Crippen LogP contribution in [0.2, 0.25) is 0 Å². The van der Waals surface area contributed by atoms with E-state index >= 15 is 0 Å². The molecule has 1 aliphatic rings. The summed E-state index contributed by atoms with van der Waals surface area (Å²) < 4.78 is 5.05. The van der Waals surface area contributed by atoms with Crippen molar-refractivity contribution in [3.05, 3.63) is 0 Å². The monoisotopic (exact) mass is 166 g/mol. The van der Waals surface area contributed by atoms with Crippen molar-refractivity contribution in [2.24, 2.45) is 0 Å². The maximum atomic E-state index is 10.5. The maximum Gasteiger partial charge on any atom is 1.00 e. The first-order valence-electron chi connectivity index (χ1n) is 3.96. The van der Waals surface area contributed by atoms with Crippen LogP contribution in [0.1, 0.15) is 40.5 Å². The van der Waals surface area contributed by atoms with E-state index in [0.29, 0.717) is 0 Å². The van der Waals surface area contributed by atoms with Gasteiger partial charge in [-0.1, -0.05) is 6.42 Å². The molecule has 0 bridgehead atoms. The summed E-state index contributed by atoms with van der Waals surface area (Å²) in [5, 5.41) is 0. The maximum absolute atomic E-state index is 10.5. The van der Waals surface area contributed by atoms with Crippen LogP contribution in [0, 0.1) is 0 Å². The molecule has 1 rings (SSSR count). The molecular formula is C8H15NaO2. The van der Waals surface area contributed by atoms with Gasteiger partial charge in [-0.3, -0.25) is 4.79 Å². The first-order chi connectivity index (χ1) is 4.79. The van der Waals surface area contributed by atoms with E-state index in [-0.39, 0.29) is 43.1 Å². The van der Waals surface area contributed by atoms with Gasteiger partial charge in [0, 0.05) is 6.92 Å². The van der Waals surface area contributed by atoms with Crippen LogP contribution < -0.4 is 29.6 Å². The van der Waals surface area contributed by atoms with Crippen LogP contribution in [0.5, 0.6) is 0 Å². The zero-order valence-corrected chi connectivity index (χ0v) is 9.43. The molecule has 1 saturated carbocycles. The van der Waals surface area contributed by atoms with Crippen molar-refractivity contribution in [1.29, 1.82) is 0 Å². The van der Waals surface area contributed by atoms with E-state index in [1.165, 1.54) is 26.2 Å². The minimum absolute atomic E-state index is 0. The molecule has 0 N–H and O–H groups in total. The van der Waals surface area contributed by atoms with Crippen LogP contribution in [0.15, 0.2) is 0 Å². The summed E-state index contributed by atoms with van der Waals surface area (Å²) in [4.78, 5) is 10.5. The third kappa shape index (κ3) is 4.83. The van der Waals surface area contributed by atoms with E-state index in [9.17, 15) is 4.79 Å². The molecule has 1 fully saturated rings. The molecule has 2 nitrogen and oxygen atoms in total.